The molecule has 2 heteroatoms. The highest BCUT2D eigenvalue weighted by Gasteiger charge is 2.21. The molecule has 1 rings (SSSR count). The van der Waals surface area contributed by atoms with Gasteiger partial charge in [-0.2, -0.15) is 0 Å². The Balaban J connectivity index is 2.29. The molecule has 0 aromatic rings. The second-order valence-electron chi connectivity index (χ2n) is 4.82. The van der Waals surface area contributed by atoms with Crippen LogP contribution in [0, 0.1) is 5.92 Å². The third-order valence-corrected chi connectivity index (χ3v) is 2.81. The highest BCUT2D eigenvalue weighted by atomic mass is 16.5. The van der Waals surface area contributed by atoms with Crippen molar-refractivity contribution >= 4 is 0 Å². The molecule has 14 heavy (non-hydrogen) atoms. The number of hydrogen-bond donors (Lipinski definition) is 1. The number of aliphatic hydroxyl groups is 1. The summed E-state index contributed by atoms with van der Waals surface area (Å²) in [5.41, 5.74) is 0. The van der Waals surface area contributed by atoms with E-state index in [4.69, 9.17) is 4.74 Å². The summed E-state index contributed by atoms with van der Waals surface area (Å²) < 4.78 is 5.74. The number of hydrogen-bond acceptors (Lipinski definition) is 2. The molecule has 0 radical (unpaired) electrons. The Morgan fingerprint density at radius 1 is 1.14 bits per heavy atom. The predicted molar refractivity (Wildman–Crippen MR) is 58.3 cm³/mol. The van der Waals surface area contributed by atoms with Gasteiger partial charge >= 0.3 is 0 Å². The molecule has 2 unspecified atom stereocenters. The van der Waals surface area contributed by atoms with Gasteiger partial charge in [0.1, 0.15) is 0 Å². The molecule has 2 atom stereocenters. The average Bonchev–Trinajstić information content (AvgIpc) is 2.10. The van der Waals surface area contributed by atoms with Gasteiger partial charge in [-0.3, -0.25) is 0 Å². The maximum Gasteiger partial charge on any atom is 0.0834 e. The Hall–Kier alpha value is -0.0800. The summed E-state index contributed by atoms with van der Waals surface area (Å²) in [7, 11) is 0. The summed E-state index contributed by atoms with van der Waals surface area (Å²) in [6.45, 7) is 5.08. The van der Waals surface area contributed by atoms with Gasteiger partial charge in [0.2, 0.25) is 0 Å². The first-order valence-electron chi connectivity index (χ1n) is 6.00. The van der Waals surface area contributed by atoms with E-state index in [1.807, 2.05) is 0 Å². The molecule has 0 saturated heterocycles. The Morgan fingerprint density at radius 3 is 2.43 bits per heavy atom. The Bertz CT molecular complexity index is 145. The minimum Gasteiger partial charge on any atom is -0.390 e. The van der Waals surface area contributed by atoms with Gasteiger partial charge in [-0.25, -0.2) is 0 Å². The van der Waals surface area contributed by atoms with Gasteiger partial charge in [0.05, 0.1) is 12.2 Å². The van der Waals surface area contributed by atoms with Crippen LogP contribution in [-0.4, -0.2) is 23.9 Å². The van der Waals surface area contributed by atoms with Crippen LogP contribution in [0.15, 0.2) is 0 Å². The zero-order valence-corrected chi connectivity index (χ0v) is 9.54. The van der Waals surface area contributed by atoms with Crippen LogP contribution in [0.5, 0.6) is 0 Å². The first-order chi connectivity index (χ1) is 6.70. The standard InChI is InChI=1S/C12H24O2/c1-10(2)9-14-12-8-6-4-3-5-7-11(12)13/h10-13H,3-9H2,1-2H3. The van der Waals surface area contributed by atoms with Crippen molar-refractivity contribution in [2.24, 2.45) is 5.92 Å². The second kappa shape index (κ2) is 6.41. The molecule has 0 aliphatic heterocycles. The number of rotatable bonds is 3. The van der Waals surface area contributed by atoms with Crippen molar-refractivity contribution < 1.29 is 9.84 Å². The second-order valence-corrected chi connectivity index (χ2v) is 4.82. The van der Waals surface area contributed by atoms with E-state index in [0.29, 0.717) is 5.92 Å². The molecular weight excluding hydrogens is 176 g/mol. The van der Waals surface area contributed by atoms with Gasteiger partial charge in [-0.05, 0) is 18.8 Å². The highest BCUT2D eigenvalue weighted by Crippen LogP contribution is 2.20. The largest absolute Gasteiger partial charge is 0.390 e. The summed E-state index contributed by atoms with van der Waals surface area (Å²) in [6, 6.07) is 0. The maximum absolute atomic E-state index is 9.86. The zero-order valence-electron chi connectivity index (χ0n) is 9.54. The summed E-state index contributed by atoms with van der Waals surface area (Å²) in [5.74, 6) is 0.563. The highest BCUT2D eigenvalue weighted by molar-refractivity contribution is 4.72. The zero-order chi connectivity index (χ0) is 10.4. The van der Waals surface area contributed by atoms with E-state index in [-0.39, 0.29) is 12.2 Å². The van der Waals surface area contributed by atoms with Crippen LogP contribution in [0.4, 0.5) is 0 Å². The predicted octanol–water partition coefficient (Wildman–Crippen LogP) is 2.74. The monoisotopic (exact) mass is 200 g/mol. The topological polar surface area (TPSA) is 29.5 Å². The summed E-state index contributed by atoms with van der Waals surface area (Å²) in [6.07, 6.45) is 6.76. The molecular formula is C12H24O2. The van der Waals surface area contributed by atoms with Crippen LogP contribution < -0.4 is 0 Å². The maximum atomic E-state index is 9.86. The summed E-state index contributed by atoms with van der Waals surface area (Å²) in [5, 5.41) is 9.86. The van der Waals surface area contributed by atoms with Gasteiger partial charge in [0, 0.05) is 6.61 Å². The fourth-order valence-electron chi connectivity index (χ4n) is 1.94. The molecule has 1 N–H and O–H groups in total. The molecule has 0 heterocycles. The molecule has 1 fully saturated rings. The van der Waals surface area contributed by atoms with E-state index in [9.17, 15) is 5.11 Å². The lowest BCUT2D eigenvalue weighted by Gasteiger charge is -2.26. The van der Waals surface area contributed by atoms with Gasteiger partial charge in [-0.1, -0.05) is 39.5 Å². The van der Waals surface area contributed by atoms with Crippen LogP contribution >= 0.6 is 0 Å². The minimum atomic E-state index is -0.228. The molecule has 0 aromatic carbocycles. The lowest BCUT2D eigenvalue weighted by atomic mass is 9.96. The molecule has 0 aromatic heterocycles. The molecule has 0 amide bonds. The van der Waals surface area contributed by atoms with Gasteiger partial charge in [0.25, 0.3) is 0 Å². The van der Waals surface area contributed by atoms with Crippen molar-refractivity contribution in [1.29, 1.82) is 0 Å². The van der Waals surface area contributed by atoms with Crippen LogP contribution in [0.3, 0.4) is 0 Å². The van der Waals surface area contributed by atoms with E-state index in [1.165, 1.54) is 19.3 Å². The van der Waals surface area contributed by atoms with Crippen molar-refractivity contribution in [2.75, 3.05) is 6.61 Å². The molecule has 0 spiro atoms. The summed E-state index contributed by atoms with van der Waals surface area (Å²) in [4.78, 5) is 0. The van der Waals surface area contributed by atoms with Crippen molar-refractivity contribution in [3.05, 3.63) is 0 Å². The van der Waals surface area contributed by atoms with Gasteiger partial charge in [-0.15, -0.1) is 0 Å². The third kappa shape index (κ3) is 4.43. The van der Waals surface area contributed by atoms with Crippen LogP contribution in [-0.2, 0) is 4.74 Å². The molecule has 1 aliphatic rings. The van der Waals surface area contributed by atoms with E-state index in [0.717, 1.165) is 25.9 Å². The van der Waals surface area contributed by atoms with E-state index < -0.39 is 0 Å². The Morgan fingerprint density at radius 2 is 1.79 bits per heavy atom. The number of aliphatic hydroxyl groups excluding tert-OH is 1. The Labute approximate surface area is 87.7 Å². The smallest absolute Gasteiger partial charge is 0.0834 e. The van der Waals surface area contributed by atoms with Crippen molar-refractivity contribution in [2.45, 2.75) is 64.6 Å². The van der Waals surface area contributed by atoms with E-state index in [2.05, 4.69) is 13.8 Å². The fraction of sp³-hybridized carbons (Fsp3) is 1.00. The van der Waals surface area contributed by atoms with Gasteiger partial charge in [0.15, 0.2) is 0 Å². The third-order valence-electron chi connectivity index (χ3n) is 2.81. The van der Waals surface area contributed by atoms with Crippen LogP contribution in [0.2, 0.25) is 0 Å². The molecule has 1 aliphatic carbocycles. The lowest BCUT2D eigenvalue weighted by molar-refractivity contribution is -0.0572. The van der Waals surface area contributed by atoms with Crippen molar-refractivity contribution in [3.63, 3.8) is 0 Å². The normalized spacial score (nSPS) is 30.0. The first kappa shape index (κ1) is 12.0. The average molecular weight is 200 g/mol. The first-order valence-corrected chi connectivity index (χ1v) is 6.00. The van der Waals surface area contributed by atoms with Gasteiger partial charge < -0.3 is 9.84 Å². The molecule has 1 saturated carbocycles. The van der Waals surface area contributed by atoms with Crippen LogP contribution in [0.1, 0.15) is 52.4 Å². The molecule has 84 valence electrons. The van der Waals surface area contributed by atoms with E-state index in [1.54, 1.807) is 0 Å². The minimum absolute atomic E-state index is 0.0951. The Kier molecular flexibility index (Phi) is 5.49. The SMILES string of the molecule is CC(C)COC1CCCCCCC1O. The summed E-state index contributed by atoms with van der Waals surface area (Å²) >= 11 is 0. The van der Waals surface area contributed by atoms with E-state index >= 15 is 0 Å². The molecule has 0 bridgehead atoms. The van der Waals surface area contributed by atoms with Crippen molar-refractivity contribution in [3.8, 4) is 0 Å². The van der Waals surface area contributed by atoms with Crippen molar-refractivity contribution in [1.82, 2.24) is 0 Å². The fourth-order valence-corrected chi connectivity index (χ4v) is 1.94. The number of ether oxygens (including phenoxy) is 1. The quantitative estimate of drug-likeness (QED) is 0.759. The molecule has 2 nitrogen and oxygen atoms in total. The lowest BCUT2D eigenvalue weighted by Crippen LogP contribution is -2.31. The van der Waals surface area contributed by atoms with Crippen LogP contribution in [0.25, 0.3) is 0 Å².